The van der Waals surface area contributed by atoms with Gasteiger partial charge in [-0.05, 0) is 69.8 Å². The van der Waals surface area contributed by atoms with Gasteiger partial charge in [0.15, 0.2) is 0 Å². The van der Waals surface area contributed by atoms with E-state index in [-0.39, 0.29) is 11.9 Å². The fourth-order valence-electron chi connectivity index (χ4n) is 2.75. The van der Waals surface area contributed by atoms with Gasteiger partial charge in [0.05, 0.1) is 6.61 Å². The van der Waals surface area contributed by atoms with Crippen LogP contribution < -0.4 is 15.4 Å². The van der Waals surface area contributed by atoms with Crippen LogP contribution in [0.5, 0.6) is 5.75 Å². The molecule has 1 aromatic rings. The second kappa shape index (κ2) is 8.18. The standard InChI is InChI=1S/C18H28N2O2/c1-13-8-9-16(12-14(13)2)22-11-5-7-18(21)20-17-6-4-10-19-15(17)3/h8-9,12,15,17,19H,4-7,10-11H2,1-3H3,(H,20,21). The maximum absolute atomic E-state index is 12.0. The maximum atomic E-state index is 12.0. The number of hydrogen-bond acceptors (Lipinski definition) is 3. The van der Waals surface area contributed by atoms with E-state index in [1.807, 2.05) is 12.1 Å². The van der Waals surface area contributed by atoms with Crippen LogP contribution in [0.4, 0.5) is 0 Å². The molecule has 122 valence electrons. The number of nitrogens with one attached hydrogen (secondary N) is 2. The van der Waals surface area contributed by atoms with E-state index in [9.17, 15) is 4.79 Å². The smallest absolute Gasteiger partial charge is 0.220 e. The van der Waals surface area contributed by atoms with Gasteiger partial charge in [-0.25, -0.2) is 0 Å². The molecule has 1 aromatic carbocycles. The number of piperidine rings is 1. The van der Waals surface area contributed by atoms with Crippen LogP contribution >= 0.6 is 0 Å². The summed E-state index contributed by atoms with van der Waals surface area (Å²) in [5.41, 5.74) is 2.50. The van der Waals surface area contributed by atoms with E-state index in [1.165, 1.54) is 11.1 Å². The van der Waals surface area contributed by atoms with Crippen LogP contribution in [0.2, 0.25) is 0 Å². The van der Waals surface area contributed by atoms with E-state index < -0.39 is 0 Å². The summed E-state index contributed by atoms with van der Waals surface area (Å²) in [7, 11) is 0. The van der Waals surface area contributed by atoms with Crippen molar-refractivity contribution in [1.82, 2.24) is 10.6 Å². The first-order valence-corrected chi connectivity index (χ1v) is 8.29. The van der Waals surface area contributed by atoms with E-state index in [0.717, 1.165) is 31.6 Å². The van der Waals surface area contributed by atoms with Crippen LogP contribution in [-0.2, 0) is 4.79 Å². The Morgan fingerprint density at radius 2 is 2.18 bits per heavy atom. The summed E-state index contributed by atoms with van der Waals surface area (Å²) < 4.78 is 5.71. The van der Waals surface area contributed by atoms with Gasteiger partial charge >= 0.3 is 0 Å². The summed E-state index contributed by atoms with van der Waals surface area (Å²) >= 11 is 0. The number of rotatable bonds is 6. The lowest BCUT2D eigenvalue weighted by molar-refractivity contribution is -0.122. The van der Waals surface area contributed by atoms with Crippen LogP contribution in [0, 0.1) is 13.8 Å². The van der Waals surface area contributed by atoms with Crippen molar-refractivity contribution in [3.8, 4) is 5.75 Å². The summed E-state index contributed by atoms with van der Waals surface area (Å²) in [4.78, 5) is 12.0. The number of carbonyl (C=O) groups is 1. The van der Waals surface area contributed by atoms with Crippen molar-refractivity contribution in [2.75, 3.05) is 13.2 Å². The average molecular weight is 304 g/mol. The van der Waals surface area contributed by atoms with Gasteiger partial charge < -0.3 is 15.4 Å². The Morgan fingerprint density at radius 1 is 1.36 bits per heavy atom. The van der Waals surface area contributed by atoms with Crippen molar-refractivity contribution in [3.63, 3.8) is 0 Å². The predicted molar refractivity (Wildman–Crippen MR) is 89.3 cm³/mol. The number of amides is 1. The molecule has 1 saturated heterocycles. The van der Waals surface area contributed by atoms with Crippen molar-refractivity contribution in [2.45, 2.75) is 58.5 Å². The topological polar surface area (TPSA) is 50.4 Å². The zero-order chi connectivity index (χ0) is 15.9. The van der Waals surface area contributed by atoms with E-state index in [2.05, 4.69) is 37.5 Å². The summed E-state index contributed by atoms with van der Waals surface area (Å²) in [6, 6.07) is 6.73. The molecule has 0 spiro atoms. The molecule has 1 aliphatic rings. The molecule has 22 heavy (non-hydrogen) atoms. The van der Waals surface area contributed by atoms with Gasteiger partial charge in [0.2, 0.25) is 5.91 Å². The minimum absolute atomic E-state index is 0.129. The van der Waals surface area contributed by atoms with Crippen molar-refractivity contribution in [3.05, 3.63) is 29.3 Å². The number of benzene rings is 1. The molecule has 0 aliphatic carbocycles. The van der Waals surface area contributed by atoms with Crippen molar-refractivity contribution < 1.29 is 9.53 Å². The van der Waals surface area contributed by atoms with Gasteiger partial charge in [-0.3, -0.25) is 4.79 Å². The Balaban J connectivity index is 1.65. The fraction of sp³-hybridized carbons (Fsp3) is 0.611. The van der Waals surface area contributed by atoms with E-state index in [0.29, 0.717) is 19.1 Å². The minimum atomic E-state index is 0.129. The largest absolute Gasteiger partial charge is 0.494 e. The molecule has 2 unspecified atom stereocenters. The van der Waals surface area contributed by atoms with E-state index >= 15 is 0 Å². The van der Waals surface area contributed by atoms with Gasteiger partial charge in [0.25, 0.3) is 0 Å². The molecule has 1 heterocycles. The second-order valence-electron chi connectivity index (χ2n) is 6.26. The Hall–Kier alpha value is -1.55. The summed E-state index contributed by atoms with van der Waals surface area (Å²) in [5, 5.41) is 6.52. The first-order valence-electron chi connectivity index (χ1n) is 8.29. The minimum Gasteiger partial charge on any atom is -0.494 e. The monoisotopic (exact) mass is 304 g/mol. The predicted octanol–water partition coefficient (Wildman–Crippen LogP) is 2.72. The average Bonchev–Trinajstić information content (AvgIpc) is 2.49. The maximum Gasteiger partial charge on any atom is 0.220 e. The molecule has 0 saturated carbocycles. The number of ether oxygens (including phenoxy) is 1. The van der Waals surface area contributed by atoms with E-state index in [1.54, 1.807) is 0 Å². The zero-order valence-corrected chi connectivity index (χ0v) is 13.9. The highest BCUT2D eigenvalue weighted by Crippen LogP contribution is 2.16. The fourth-order valence-corrected chi connectivity index (χ4v) is 2.75. The van der Waals surface area contributed by atoms with Gasteiger partial charge in [-0.15, -0.1) is 0 Å². The van der Waals surface area contributed by atoms with Crippen LogP contribution in [0.25, 0.3) is 0 Å². The Labute approximate surface area is 133 Å². The third-order valence-corrected chi connectivity index (χ3v) is 4.40. The molecule has 1 aliphatic heterocycles. The second-order valence-corrected chi connectivity index (χ2v) is 6.26. The highest BCUT2D eigenvalue weighted by molar-refractivity contribution is 5.76. The van der Waals surface area contributed by atoms with E-state index in [4.69, 9.17) is 4.74 Å². The van der Waals surface area contributed by atoms with Crippen LogP contribution in [0.1, 0.15) is 43.7 Å². The van der Waals surface area contributed by atoms with Crippen molar-refractivity contribution in [1.29, 1.82) is 0 Å². The van der Waals surface area contributed by atoms with Crippen LogP contribution in [0.3, 0.4) is 0 Å². The Bertz CT molecular complexity index is 502. The molecule has 1 amide bonds. The normalized spacial score (nSPS) is 21.4. The lowest BCUT2D eigenvalue weighted by Crippen LogP contribution is -2.51. The van der Waals surface area contributed by atoms with Crippen molar-refractivity contribution >= 4 is 5.91 Å². The van der Waals surface area contributed by atoms with Gasteiger partial charge in [0, 0.05) is 18.5 Å². The quantitative estimate of drug-likeness (QED) is 0.795. The number of carbonyl (C=O) groups excluding carboxylic acids is 1. The lowest BCUT2D eigenvalue weighted by atomic mass is 10.00. The molecule has 2 rings (SSSR count). The molecule has 0 bridgehead atoms. The summed E-state index contributed by atoms with van der Waals surface area (Å²) in [6.07, 6.45) is 3.46. The third-order valence-electron chi connectivity index (χ3n) is 4.40. The van der Waals surface area contributed by atoms with Gasteiger partial charge in [0.1, 0.15) is 5.75 Å². The molecule has 2 N–H and O–H groups in total. The molecule has 0 radical (unpaired) electrons. The molecule has 1 fully saturated rings. The van der Waals surface area contributed by atoms with Gasteiger partial charge in [-0.1, -0.05) is 6.07 Å². The van der Waals surface area contributed by atoms with Gasteiger partial charge in [-0.2, -0.15) is 0 Å². The summed E-state index contributed by atoms with van der Waals surface area (Å²) in [6.45, 7) is 7.93. The SMILES string of the molecule is Cc1ccc(OCCCC(=O)NC2CCCNC2C)cc1C. The molecule has 4 nitrogen and oxygen atoms in total. The van der Waals surface area contributed by atoms with Crippen LogP contribution in [0.15, 0.2) is 18.2 Å². The highest BCUT2D eigenvalue weighted by atomic mass is 16.5. The molecule has 2 atom stereocenters. The zero-order valence-electron chi connectivity index (χ0n) is 13.9. The molecule has 4 heteroatoms. The lowest BCUT2D eigenvalue weighted by Gasteiger charge is -2.30. The number of hydrogen-bond donors (Lipinski definition) is 2. The molecule has 0 aromatic heterocycles. The van der Waals surface area contributed by atoms with Crippen LogP contribution in [-0.4, -0.2) is 31.1 Å². The third kappa shape index (κ3) is 5.02. The van der Waals surface area contributed by atoms with Crippen molar-refractivity contribution in [2.24, 2.45) is 0 Å². The highest BCUT2D eigenvalue weighted by Gasteiger charge is 2.21. The number of aryl methyl sites for hydroxylation is 2. The molecular formula is C18H28N2O2. The Morgan fingerprint density at radius 3 is 2.91 bits per heavy atom. The Kier molecular flexibility index (Phi) is 6.25. The molecular weight excluding hydrogens is 276 g/mol. The first-order chi connectivity index (χ1) is 10.6. The first kappa shape index (κ1) is 16.8. The summed E-state index contributed by atoms with van der Waals surface area (Å²) in [5.74, 6) is 1.01.